The number of amides is 2. The van der Waals surface area contributed by atoms with Crippen LogP contribution in [0.25, 0.3) is 0 Å². The molecule has 1 saturated carbocycles. The second kappa shape index (κ2) is 10.3. The van der Waals surface area contributed by atoms with Crippen LogP contribution in [0.15, 0.2) is 39.9 Å². The van der Waals surface area contributed by atoms with E-state index in [0.29, 0.717) is 30.5 Å². The van der Waals surface area contributed by atoms with E-state index in [4.69, 9.17) is 0 Å². The Hall–Kier alpha value is -3.16. The zero-order valence-corrected chi connectivity index (χ0v) is 21.8. The van der Waals surface area contributed by atoms with Gasteiger partial charge in [-0.25, -0.2) is 4.79 Å². The number of aromatic nitrogens is 2. The zero-order chi connectivity index (χ0) is 26.2. The number of fused-ring (bicyclic) bond motifs is 1. The summed E-state index contributed by atoms with van der Waals surface area (Å²) in [4.78, 5) is 57.2. The van der Waals surface area contributed by atoms with Gasteiger partial charge in [0.2, 0.25) is 11.8 Å². The van der Waals surface area contributed by atoms with Gasteiger partial charge in [-0.1, -0.05) is 50.6 Å². The van der Waals surface area contributed by atoms with E-state index < -0.39 is 5.69 Å². The van der Waals surface area contributed by atoms with E-state index in [2.05, 4.69) is 46.2 Å². The fraction of sp³-hybridized carbons (Fsp3) is 0.586. The molecule has 1 aromatic carbocycles. The van der Waals surface area contributed by atoms with E-state index in [-0.39, 0.29) is 46.6 Å². The minimum absolute atomic E-state index is 0.00275. The molecule has 2 amide bonds. The van der Waals surface area contributed by atoms with E-state index in [0.717, 1.165) is 50.8 Å². The number of carbonyl (C=O) groups excluding carboxylic acids is 2. The van der Waals surface area contributed by atoms with Gasteiger partial charge in [-0.2, -0.15) is 0 Å². The van der Waals surface area contributed by atoms with Gasteiger partial charge in [0, 0.05) is 36.3 Å². The van der Waals surface area contributed by atoms with Crippen LogP contribution in [0, 0.1) is 17.3 Å². The van der Waals surface area contributed by atoms with Crippen LogP contribution in [0.3, 0.4) is 0 Å². The van der Waals surface area contributed by atoms with Crippen LogP contribution in [-0.4, -0.2) is 45.8 Å². The fourth-order valence-electron chi connectivity index (χ4n) is 6.70. The Morgan fingerprint density at radius 1 is 1.11 bits per heavy atom. The van der Waals surface area contributed by atoms with Gasteiger partial charge in [0.15, 0.2) is 0 Å². The smallest absolute Gasteiger partial charge is 0.325 e. The van der Waals surface area contributed by atoms with Crippen LogP contribution in [-0.2, 0) is 22.4 Å². The zero-order valence-electron chi connectivity index (χ0n) is 21.8. The lowest BCUT2D eigenvalue weighted by molar-refractivity contribution is -0.138. The standard InChI is InChI=1S/C29H38N4O4/c1-3-18(2)24(19-7-5-4-6-8-19)27(36)33-13-11-29(12-14-33)16-21(17-29)30-25(34)20-9-10-23-22(15-20)26(35)32-28(37)31-23/h4-8,18,20-21,24H,3,9-17H2,1-2H3,(H,30,34)(H2,31,32,35,37). The third kappa shape index (κ3) is 5.15. The first-order valence-electron chi connectivity index (χ1n) is 13.8. The Balaban J connectivity index is 1.13. The van der Waals surface area contributed by atoms with Crippen molar-refractivity contribution in [2.24, 2.45) is 17.3 Å². The van der Waals surface area contributed by atoms with Crippen molar-refractivity contribution in [3.63, 3.8) is 0 Å². The molecule has 198 valence electrons. The first kappa shape index (κ1) is 25.5. The number of piperidine rings is 1. The molecule has 1 spiro atoms. The van der Waals surface area contributed by atoms with Crippen LogP contribution in [0.5, 0.6) is 0 Å². The molecule has 0 radical (unpaired) electrons. The molecule has 5 rings (SSSR count). The molecular weight excluding hydrogens is 468 g/mol. The van der Waals surface area contributed by atoms with Crippen molar-refractivity contribution < 1.29 is 9.59 Å². The first-order chi connectivity index (χ1) is 17.8. The molecule has 3 N–H and O–H groups in total. The van der Waals surface area contributed by atoms with Gasteiger partial charge >= 0.3 is 5.69 Å². The third-order valence-corrected chi connectivity index (χ3v) is 9.17. The number of rotatable bonds is 6. The van der Waals surface area contributed by atoms with Crippen LogP contribution in [0.4, 0.5) is 0 Å². The maximum absolute atomic E-state index is 13.6. The summed E-state index contributed by atoms with van der Waals surface area (Å²) in [6.07, 6.45) is 6.35. The first-order valence-corrected chi connectivity index (χ1v) is 13.8. The van der Waals surface area contributed by atoms with E-state index in [1.807, 2.05) is 18.2 Å². The van der Waals surface area contributed by atoms with E-state index >= 15 is 0 Å². The van der Waals surface area contributed by atoms with Gasteiger partial charge < -0.3 is 15.2 Å². The summed E-state index contributed by atoms with van der Waals surface area (Å²) < 4.78 is 0. The second-order valence-electron chi connectivity index (χ2n) is 11.5. The Kier molecular flexibility index (Phi) is 7.10. The molecule has 2 fully saturated rings. The Labute approximate surface area is 217 Å². The highest BCUT2D eigenvalue weighted by Gasteiger charge is 2.48. The molecule has 3 atom stereocenters. The van der Waals surface area contributed by atoms with Crippen molar-refractivity contribution in [1.82, 2.24) is 20.2 Å². The monoisotopic (exact) mass is 506 g/mol. The topological polar surface area (TPSA) is 115 Å². The molecule has 37 heavy (non-hydrogen) atoms. The average molecular weight is 507 g/mol. The predicted octanol–water partition coefficient (Wildman–Crippen LogP) is 2.89. The molecule has 8 heteroatoms. The molecule has 2 aliphatic carbocycles. The maximum Gasteiger partial charge on any atom is 0.325 e. The molecule has 1 aromatic heterocycles. The molecule has 3 aliphatic rings. The summed E-state index contributed by atoms with van der Waals surface area (Å²) in [5, 5.41) is 3.21. The summed E-state index contributed by atoms with van der Waals surface area (Å²) in [5.74, 6) is 0.193. The third-order valence-electron chi connectivity index (χ3n) is 9.17. The molecule has 2 aromatic rings. The highest BCUT2D eigenvalue weighted by molar-refractivity contribution is 5.84. The SMILES string of the molecule is CCC(C)C(C(=O)N1CCC2(CC1)CC(NC(=O)C1CCc3[nH]c(=O)[nH]c(=O)c3C1)C2)c1ccccc1. The normalized spacial score (nSPS) is 22.5. The van der Waals surface area contributed by atoms with Crippen LogP contribution < -0.4 is 16.6 Å². The van der Waals surface area contributed by atoms with E-state index in [1.165, 1.54) is 0 Å². The lowest BCUT2D eigenvalue weighted by Crippen LogP contribution is -2.57. The fourth-order valence-corrected chi connectivity index (χ4v) is 6.70. The van der Waals surface area contributed by atoms with E-state index in [1.54, 1.807) is 0 Å². The second-order valence-corrected chi connectivity index (χ2v) is 11.5. The highest BCUT2D eigenvalue weighted by Crippen LogP contribution is 2.49. The lowest BCUT2D eigenvalue weighted by atomic mass is 9.60. The lowest BCUT2D eigenvalue weighted by Gasteiger charge is -2.53. The molecular formula is C29H38N4O4. The van der Waals surface area contributed by atoms with E-state index in [9.17, 15) is 19.2 Å². The molecule has 3 unspecified atom stereocenters. The Morgan fingerprint density at radius 3 is 2.49 bits per heavy atom. The van der Waals surface area contributed by atoms with Gasteiger partial charge in [-0.05, 0) is 61.8 Å². The largest absolute Gasteiger partial charge is 0.353 e. The average Bonchev–Trinajstić information content (AvgIpc) is 2.88. The Bertz CT molecular complexity index is 1250. The Morgan fingerprint density at radius 2 is 1.81 bits per heavy atom. The number of hydrogen-bond acceptors (Lipinski definition) is 4. The van der Waals surface area contributed by atoms with Crippen molar-refractivity contribution in [2.75, 3.05) is 13.1 Å². The summed E-state index contributed by atoms with van der Waals surface area (Å²) in [7, 11) is 0. The summed E-state index contributed by atoms with van der Waals surface area (Å²) >= 11 is 0. The minimum atomic E-state index is -0.491. The summed E-state index contributed by atoms with van der Waals surface area (Å²) in [6, 6.07) is 10.3. The number of nitrogens with zero attached hydrogens (tertiary/aromatic N) is 1. The predicted molar refractivity (Wildman–Crippen MR) is 141 cm³/mol. The number of nitrogens with one attached hydrogen (secondary N) is 3. The van der Waals surface area contributed by atoms with Gasteiger partial charge in [0.05, 0.1) is 5.92 Å². The van der Waals surface area contributed by atoms with Crippen LogP contribution >= 0.6 is 0 Å². The highest BCUT2D eigenvalue weighted by atomic mass is 16.2. The summed E-state index contributed by atoms with van der Waals surface area (Å²) in [6.45, 7) is 5.87. The van der Waals surface area contributed by atoms with Crippen molar-refractivity contribution in [1.29, 1.82) is 0 Å². The van der Waals surface area contributed by atoms with Crippen molar-refractivity contribution in [3.05, 3.63) is 68.0 Å². The van der Waals surface area contributed by atoms with Gasteiger partial charge in [0.25, 0.3) is 5.56 Å². The quantitative estimate of drug-likeness (QED) is 0.559. The summed E-state index contributed by atoms with van der Waals surface area (Å²) in [5.41, 5.74) is 1.62. The van der Waals surface area contributed by atoms with Crippen LogP contribution in [0.2, 0.25) is 0 Å². The molecule has 0 bridgehead atoms. The number of aryl methyl sites for hydroxylation is 1. The minimum Gasteiger partial charge on any atom is -0.353 e. The van der Waals surface area contributed by atoms with Crippen molar-refractivity contribution in [3.8, 4) is 0 Å². The van der Waals surface area contributed by atoms with Crippen molar-refractivity contribution in [2.45, 2.75) is 77.2 Å². The van der Waals surface area contributed by atoms with Crippen LogP contribution in [0.1, 0.15) is 75.1 Å². The number of carbonyl (C=O) groups is 2. The molecule has 8 nitrogen and oxygen atoms in total. The van der Waals surface area contributed by atoms with Gasteiger partial charge in [-0.3, -0.25) is 19.4 Å². The number of H-pyrrole nitrogens is 2. The number of hydrogen-bond donors (Lipinski definition) is 3. The number of likely N-dealkylation sites (tertiary alicyclic amines) is 1. The molecule has 1 saturated heterocycles. The number of benzene rings is 1. The number of aromatic amines is 2. The molecule has 2 heterocycles. The molecule has 1 aliphatic heterocycles. The van der Waals surface area contributed by atoms with Gasteiger partial charge in [-0.15, -0.1) is 0 Å². The maximum atomic E-state index is 13.6. The van der Waals surface area contributed by atoms with Gasteiger partial charge in [0.1, 0.15) is 0 Å². The van der Waals surface area contributed by atoms with Crippen molar-refractivity contribution >= 4 is 11.8 Å².